The number of thioether (sulfide) groups is 1. The highest BCUT2D eigenvalue weighted by Crippen LogP contribution is 2.45. The Hall–Kier alpha value is -1.95. The second-order valence-corrected chi connectivity index (χ2v) is 7.60. The van der Waals surface area contributed by atoms with Crippen molar-refractivity contribution in [1.82, 2.24) is 9.55 Å². The standard InChI is InChI=1S/C18H23N3O2S/c1-11-12(2)16-14(13(3)15(11)20-10-22)8-18(4,23-16)9-24-17-19-6-7-21(17)5/h6-7,10H,8-9H2,1-5H3,(H,20,22). The van der Waals surface area contributed by atoms with Gasteiger partial charge in [0.05, 0.1) is 0 Å². The molecule has 0 fully saturated rings. The molecule has 1 atom stereocenters. The molecular formula is C18H23N3O2S. The Morgan fingerprint density at radius 2 is 2.12 bits per heavy atom. The van der Waals surface area contributed by atoms with E-state index in [9.17, 15) is 4.79 Å². The van der Waals surface area contributed by atoms with Crippen molar-refractivity contribution in [3.8, 4) is 5.75 Å². The van der Waals surface area contributed by atoms with Gasteiger partial charge in [0.2, 0.25) is 6.41 Å². The zero-order valence-corrected chi connectivity index (χ0v) is 15.6. The molecule has 5 nitrogen and oxygen atoms in total. The number of nitrogens with zero attached hydrogens (tertiary/aromatic N) is 2. The molecule has 0 radical (unpaired) electrons. The molecular weight excluding hydrogens is 322 g/mol. The number of amides is 1. The number of imidazole rings is 1. The third-order valence-electron chi connectivity index (χ3n) is 4.77. The highest BCUT2D eigenvalue weighted by molar-refractivity contribution is 7.99. The quantitative estimate of drug-likeness (QED) is 0.666. The maximum absolute atomic E-state index is 10.9. The van der Waals surface area contributed by atoms with E-state index >= 15 is 0 Å². The summed E-state index contributed by atoms with van der Waals surface area (Å²) in [4.78, 5) is 15.3. The van der Waals surface area contributed by atoms with Crippen LogP contribution in [0.1, 0.15) is 29.2 Å². The molecule has 3 rings (SSSR count). The van der Waals surface area contributed by atoms with E-state index in [0.29, 0.717) is 0 Å². The molecule has 1 unspecified atom stereocenters. The molecule has 1 aromatic carbocycles. The van der Waals surface area contributed by atoms with Gasteiger partial charge in [0, 0.05) is 42.9 Å². The number of carbonyl (C=O) groups is 1. The number of nitrogens with one attached hydrogen (secondary N) is 1. The number of ether oxygens (including phenoxy) is 1. The summed E-state index contributed by atoms with van der Waals surface area (Å²) in [6.07, 6.45) is 5.33. The topological polar surface area (TPSA) is 56.2 Å². The summed E-state index contributed by atoms with van der Waals surface area (Å²) < 4.78 is 8.40. The lowest BCUT2D eigenvalue weighted by atomic mass is 9.92. The smallest absolute Gasteiger partial charge is 0.211 e. The fraction of sp³-hybridized carbons (Fsp3) is 0.444. The highest BCUT2D eigenvalue weighted by atomic mass is 32.2. The van der Waals surface area contributed by atoms with Crippen LogP contribution in [-0.4, -0.2) is 27.3 Å². The molecule has 0 bridgehead atoms. The van der Waals surface area contributed by atoms with E-state index in [4.69, 9.17) is 4.74 Å². The van der Waals surface area contributed by atoms with Crippen LogP contribution in [0.3, 0.4) is 0 Å². The van der Waals surface area contributed by atoms with E-state index in [1.807, 2.05) is 30.9 Å². The van der Waals surface area contributed by atoms with E-state index in [-0.39, 0.29) is 5.60 Å². The first kappa shape index (κ1) is 16.9. The van der Waals surface area contributed by atoms with Gasteiger partial charge in [-0.25, -0.2) is 4.98 Å². The number of anilines is 1. The van der Waals surface area contributed by atoms with Crippen LogP contribution in [0.25, 0.3) is 0 Å². The Bertz CT molecular complexity index is 800. The lowest BCUT2D eigenvalue weighted by Crippen LogP contribution is -2.33. The molecule has 2 aromatic rings. The van der Waals surface area contributed by atoms with Crippen molar-refractivity contribution in [2.24, 2.45) is 7.05 Å². The molecule has 0 aliphatic carbocycles. The molecule has 24 heavy (non-hydrogen) atoms. The minimum Gasteiger partial charge on any atom is -0.486 e. The summed E-state index contributed by atoms with van der Waals surface area (Å²) >= 11 is 1.71. The largest absolute Gasteiger partial charge is 0.486 e. The monoisotopic (exact) mass is 345 g/mol. The predicted molar refractivity (Wildman–Crippen MR) is 97.0 cm³/mol. The van der Waals surface area contributed by atoms with Gasteiger partial charge in [-0.2, -0.15) is 0 Å². The Kier molecular flexibility index (Phi) is 4.34. The van der Waals surface area contributed by atoms with Crippen molar-refractivity contribution in [3.63, 3.8) is 0 Å². The van der Waals surface area contributed by atoms with Crippen molar-refractivity contribution < 1.29 is 9.53 Å². The highest BCUT2D eigenvalue weighted by Gasteiger charge is 2.38. The predicted octanol–water partition coefficient (Wildman–Crippen LogP) is 3.40. The lowest BCUT2D eigenvalue weighted by molar-refractivity contribution is -0.105. The van der Waals surface area contributed by atoms with E-state index in [2.05, 4.69) is 31.1 Å². The summed E-state index contributed by atoms with van der Waals surface area (Å²) in [7, 11) is 2.00. The summed E-state index contributed by atoms with van der Waals surface area (Å²) in [6, 6.07) is 0. The van der Waals surface area contributed by atoms with Gasteiger partial charge in [0.25, 0.3) is 0 Å². The Balaban J connectivity index is 1.88. The van der Waals surface area contributed by atoms with Crippen LogP contribution in [0.4, 0.5) is 5.69 Å². The van der Waals surface area contributed by atoms with E-state index < -0.39 is 0 Å². The average molecular weight is 345 g/mol. The number of rotatable bonds is 5. The summed E-state index contributed by atoms with van der Waals surface area (Å²) in [6.45, 7) is 8.28. The Labute approximate surface area is 146 Å². The third kappa shape index (κ3) is 2.79. The average Bonchev–Trinajstić information content (AvgIpc) is 3.11. The lowest BCUT2D eigenvalue weighted by Gasteiger charge is -2.23. The van der Waals surface area contributed by atoms with E-state index in [0.717, 1.165) is 51.9 Å². The zero-order chi connectivity index (χ0) is 17.5. The number of carbonyl (C=O) groups excluding carboxylic acids is 1. The summed E-state index contributed by atoms with van der Waals surface area (Å²) in [5, 5.41) is 3.84. The van der Waals surface area contributed by atoms with Crippen LogP contribution >= 0.6 is 11.8 Å². The summed E-state index contributed by atoms with van der Waals surface area (Å²) in [5.41, 5.74) is 5.10. The fourth-order valence-corrected chi connectivity index (χ4v) is 4.25. The van der Waals surface area contributed by atoms with Crippen molar-refractivity contribution in [1.29, 1.82) is 0 Å². The first-order chi connectivity index (χ1) is 11.4. The van der Waals surface area contributed by atoms with E-state index in [1.165, 1.54) is 5.56 Å². The van der Waals surface area contributed by atoms with Crippen molar-refractivity contribution in [2.45, 2.75) is 44.9 Å². The molecule has 128 valence electrons. The van der Waals surface area contributed by atoms with Crippen LogP contribution in [0.15, 0.2) is 17.6 Å². The number of fused-ring (bicyclic) bond motifs is 1. The van der Waals surface area contributed by atoms with Crippen molar-refractivity contribution >= 4 is 23.9 Å². The second kappa shape index (κ2) is 6.16. The van der Waals surface area contributed by atoms with Gasteiger partial charge in [0.15, 0.2) is 5.16 Å². The normalized spacial score (nSPS) is 19.0. The minimum atomic E-state index is -0.277. The number of benzene rings is 1. The van der Waals surface area contributed by atoms with Gasteiger partial charge in [-0.15, -0.1) is 0 Å². The maximum atomic E-state index is 10.9. The molecule has 2 heterocycles. The minimum absolute atomic E-state index is 0.277. The van der Waals surface area contributed by atoms with Crippen LogP contribution in [-0.2, 0) is 18.3 Å². The van der Waals surface area contributed by atoms with E-state index in [1.54, 1.807) is 11.8 Å². The first-order valence-electron chi connectivity index (χ1n) is 7.98. The molecule has 6 heteroatoms. The zero-order valence-electron chi connectivity index (χ0n) is 14.8. The number of hydrogen-bond acceptors (Lipinski definition) is 4. The summed E-state index contributed by atoms with van der Waals surface area (Å²) in [5.74, 6) is 1.80. The number of aromatic nitrogens is 2. The van der Waals surface area contributed by atoms with Crippen LogP contribution in [0, 0.1) is 20.8 Å². The Morgan fingerprint density at radius 3 is 2.75 bits per heavy atom. The van der Waals surface area contributed by atoms with Crippen LogP contribution in [0.5, 0.6) is 5.75 Å². The van der Waals surface area contributed by atoms with Gasteiger partial charge < -0.3 is 14.6 Å². The first-order valence-corrected chi connectivity index (χ1v) is 8.97. The SMILES string of the molecule is Cc1c(C)c2c(c(C)c1NC=O)CC(C)(CSc1nccn1C)O2. The van der Waals surface area contributed by atoms with Crippen molar-refractivity contribution in [2.75, 3.05) is 11.1 Å². The van der Waals surface area contributed by atoms with Gasteiger partial charge >= 0.3 is 0 Å². The molecule has 0 spiro atoms. The van der Waals surface area contributed by atoms with Gasteiger partial charge in [-0.05, 0) is 44.4 Å². The third-order valence-corrected chi connectivity index (χ3v) is 6.17. The maximum Gasteiger partial charge on any atom is 0.211 e. The molecule has 1 N–H and O–H groups in total. The molecule has 1 aromatic heterocycles. The number of aryl methyl sites for hydroxylation is 1. The van der Waals surface area contributed by atoms with Gasteiger partial charge in [0.1, 0.15) is 11.4 Å². The van der Waals surface area contributed by atoms with Gasteiger partial charge in [-0.1, -0.05) is 11.8 Å². The molecule has 0 saturated heterocycles. The van der Waals surface area contributed by atoms with Crippen molar-refractivity contribution in [3.05, 3.63) is 34.6 Å². The second-order valence-electron chi connectivity index (χ2n) is 6.66. The van der Waals surface area contributed by atoms with Crippen LogP contribution < -0.4 is 10.1 Å². The fourth-order valence-electron chi connectivity index (χ4n) is 3.26. The molecule has 1 aliphatic rings. The Morgan fingerprint density at radius 1 is 1.38 bits per heavy atom. The van der Waals surface area contributed by atoms with Gasteiger partial charge in [-0.3, -0.25) is 4.79 Å². The molecule has 1 amide bonds. The molecule has 1 aliphatic heterocycles. The number of hydrogen-bond donors (Lipinski definition) is 1. The molecule has 0 saturated carbocycles. The van der Waals surface area contributed by atoms with Crippen LogP contribution in [0.2, 0.25) is 0 Å².